The Balaban J connectivity index is 1.59. The van der Waals surface area contributed by atoms with Crippen LogP contribution in [0.4, 0.5) is 8.78 Å². The predicted molar refractivity (Wildman–Crippen MR) is 102 cm³/mol. The lowest BCUT2D eigenvalue weighted by molar-refractivity contribution is -0.127. The predicted octanol–water partition coefficient (Wildman–Crippen LogP) is 2.08. The maximum atomic E-state index is 12.7. The van der Waals surface area contributed by atoms with Gasteiger partial charge in [-0.15, -0.1) is 0 Å². The minimum Gasteiger partial charge on any atom is -0.493 e. The summed E-state index contributed by atoms with van der Waals surface area (Å²) in [5.41, 5.74) is 0.344. The molecule has 1 aliphatic rings. The second kappa shape index (κ2) is 9.46. The number of hydrogen-bond donors (Lipinski definition) is 1. The van der Waals surface area contributed by atoms with Crippen LogP contribution in [0.2, 0.25) is 0 Å². The molecule has 1 amide bonds. The molecule has 1 aromatic carbocycles. The Morgan fingerprint density at radius 2 is 2.07 bits per heavy atom. The van der Waals surface area contributed by atoms with Gasteiger partial charge >= 0.3 is 6.61 Å². The molecule has 2 aromatic rings. The van der Waals surface area contributed by atoms with E-state index < -0.39 is 6.61 Å². The number of alkyl halides is 2. The molecule has 29 heavy (non-hydrogen) atoms. The van der Waals surface area contributed by atoms with Gasteiger partial charge in [0.2, 0.25) is 5.91 Å². The Morgan fingerprint density at radius 3 is 2.69 bits per heavy atom. The summed E-state index contributed by atoms with van der Waals surface area (Å²) in [5.74, 6) is 1.39. The van der Waals surface area contributed by atoms with Crippen molar-refractivity contribution in [2.24, 2.45) is 0 Å². The first-order chi connectivity index (χ1) is 14.0. The number of aryl methyl sites for hydroxylation is 1. The number of H-pyrrole nitrogens is 1. The van der Waals surface area contributed by atoms with E-state index in [1.807, 2.05) is 6.92 Å². The Labute approximate surface area is 167 Å². The van der Waals surface area contributed by atoms with Crippen molar-refractivity contribution >= 4 is 12.0 Å². The van der Waals surface area contributed by atoms with Gasteiger partial charge in [-0.1, -0.05) is 12.1 Å². The van der Waals surface area contributed by atoms with E-state index in [9.17, 15) is 13.6 Å². The van der Waals surface area contributed by atoms with Gasteiger partial charge in [0.05, 0.1) is 13.7 Å². The minimum absolute atomic E-state index is 0.0966. The van der Waals surface area contributed by atoms with Gasteiger partial charge in [-0.2, -0.15) is 13.9 Å². The van der Waals surface area contributed by atoms with E-state index in [4.69, 9.17) is 4.74 Å². The van der Waals surface area contributed by atoms with Crippen molar-refractivity contribution in [3.63, 3.8) is 0 Å². The van der Waals surface area contributed by atoms with E-state index in [0.29, 0.717) is 38.3 Å². The lowest BCUT2D eigenvalue weighted by Crippen LogP contribution is -2.47. The number of nitrogens with zero attached hydrogens (tertiary/aromatic N) is 4. The molecule has 1 saturated heterocycles. The zero-order chi connectivity index (χ0) is 20.8. The smallest absolute Gasteiger partial charge is 0.387 e. The van der Waals surface area contributed by atoms with Crippen LogP contribution in [-0.2, 0) is 11.3 Å². The van der Waals surface area contributed by atoms with Crippen LogP contribution in [0.15, 0.2) is 24.3 Å². The molecule has 1 aliphatic heterocycles. The lowest BCUT2D eigenvalue weighted by Gasteiger charge is -2.33. The number of rotatable bonds is 7. The van der Waals surface area contributed by atoms with Gasteiger partial charge in [0.25, 0.3) is 0 Å². The van der Waals surface area contributed by atoms with Crippen LogP contribution in [0.5, 0.6) is 11.5 Å². The Hall–Kier alpha value is -3.01. The quantitative estimate of drug-likeness (QED) is 0.708. The average molecular weight is 407 g/mol. The largest absolute Gasteiger partial charge is 0.493 e. The van der Waals surface area contributed by atoms with Crippen LogP contribution in [0.1, 0.15) is 17.2 Å². The Bertz CT molecular complexity index is 863. The third kappa shape index (κ3) is 5.50. The second-order valence-corrected chi connectivity index (χ2v) is 6.53. The second-order valence-electron chi connectivity index (χ2n) is 6.53. The van der Waals surface area contributed by atoms with E-state index in [2.05, 4.69) is 24.8 Å². The van der Waals surface area contributed by atoms with Crippen LogP contribution >= 0.6 is 0 Å². The van der Waals surface area contributed by atoms with Gasteiger partial charge in [0.1, 0.15) is 5.82 Å². The minimum atomic E-state index is -2.99. The summed E-state index contributed by atoms with van der Waals surface area (Å²) in [6, 6.07) is 4.75. The summed E-state index contributed by atoms with van der Waals surface area (Å²) in [4.78, 5) is 20.7. The number of carbonyl (C=O) groups is 1. The van der Waals surface area contributed by atoms with Gasteiger partial charge < -0.3 is 14.4 Å². The molecule has 1 aromatic heterocycles. The monoisotopic (exact) mass is 407 g/mol. The average Bonchev–Trinajstić information content (AvgIpc) is 3.11. The fourth-order valence-corrected chi connectivity index (χ4v) is 3.09. The lowest BCUT2D eigenvalue weighted by atomic mass is 10.1. The molecule has 0 atom stereocenters. The molecule has 156 valence electrons. The van der Waals surface area contributed by atoms with Crippen LogP contribution in [0.25, 0.3) is 6.08 Å². The van der Waals surface area contributed by atoms with E-state index in [1.165, 1.54) is 25.3 Å². The van der Waals surface area contributed by atoms with Gasteiger partial charge in [-0.25, -0.2) is 4.98 Å². The fourth-order valence-electron chi connectivity index (χ4n) is 3.09. The van der Waals surface area contributed by atoms with E-state index in [0.717, 1.165) is 11.6 Å². The molecule has 0 bridgehead atoms. The third-order valence-electron chi connectivity index (χ3n) is 4.53. The summed E-state index contributed by atoms with van der Waals surface area (Å²) < 4.78 is 35.0. The molecule has 0 spiro atoms. The summed E-state index contributed by atoms with van der Waals surface area (Å²) >= 11 is 0. The van der Waals surface area contributed by atoms with Gasteiger partial charge in [0.15, 0.2) is 17.3 Å². The number of aromatic nitrogens is 3. The first-order valence-electron chi connectivity index (χ1n) is 9.15. The van der Waals surface area contributed by atoms with Crippen LogP contribution < -0.4 is 9.47 Å². The highest BCUT2D eigenvalue weighted by Crippen LogP contribution is 2.33. The number of benzene rings is 1. The standard InChI is InChI=1S/C19H23F2N5O3/c1-13-22-16(24-23-13)12-25-8-10-26(11-9-25)17(27)7-6-14-4-3-5-15(28-2)18(14)29-19(20)21/h3-7,19H,8-12H2,1-2H3,(H,22,23,24)/b7-6+. The van der Waals surface area contributed by atoms with Gasteiger partial charge in [0, 0.05) is 37.8 Å². The van der Waals surface area contributed by atoms with E-state index in [1.54, 1.807) is 17.0 Å². The van der Waals surface area contributed by atoms with Crippen molar-refractivity contribution in [2.45, 2.75) is 20.1 Å². The molecule has 0 unspecified atom stereocenters. The van der Waals surface area contributed by atoms with E-state index in [-0.39, 0.29) is 17.4 Å². The van der Waals surface area contributed by atoms with Crippen molar-refractivity contribution < 1.29 is 23.0 Å². The highest BCUT2D eigenvalue weighted by molar-refractivity contribution is 5.92. The Kier molecular flexibility index (Phi) is 6.76. The molecule has 10 heteroatoms. The fraction of sp³-hybridized carbons (Fsp3) is 0.421. The van der Waals surface area contributed by atoms with Gasteiger partial charge in [-0.05, 0) is 19.1 Å². The van der Waals surface area contributed by atoms with Crippen molar-refractivity contribution in [3.05, 3.63) is 41.5 Å². The van der Waals surface area contributed by atoms with E-state index >= 15 is 0 Å². The molecule has 8 nitrogen and oxygen atoms in total. The number of aromatic amines is 1. The van der Waals surface area contributed by atoms with Crippen molar-refractivity contribution in [3.8, 4) is 11.5 Å². The molecule has 0 saturated carbocycles. The summed E-state index contributed by atoms with van der Waals surface area (Å²) in [5, 5.41) is 6.94. The summed E-state index contributed by atoms with van der Waals surface area (Å²) in [6.07, 6.45) is 2.83. The van der Waals surface area contributed by atoms with Gasteiger partial charge in [-0.3, -0.25) is 14.8 Å². The molecule has 1 N–H and O–H groups in total. The molecule has 3 rings (SSSR count). The topological polar surface area (TPSA) is 83.6 Å². The van der Waals surface area contributed by atoms with Crippen LogP contribution in [0, 0.1) is 6.92 Å². The number of nitrogens with one attached hydrogen (secondary N) is 1. The zero-order valence-corrected chi connectivity index (χ0v) is 16.3. The molecular weight excluding hydrogens is 384 g/mol. The molecule has 0 radical (unpaired) electrons. The number of carbonyl (C=O) groups excluding carboxylic acids is 1. The first kappa shape index (κ1) is 20.7. The van der Waals surface area contributed by atoms with Crippen LogP contribution in [0.3, 0.4) is 0 Å². The number of methoxy groups -OCH3 is 1. The Morgan fingerprint density at radius 1 is 1.31 bits per heavy atom. The summed E-state index contributed by atoms with van der Waals surface area (Å²) in [6.45, 7) is 2.00. The highest BCUT2D eigenvalue weighted by Gasteiger charge is 2.21. The van der Waals surface area contributed by atoms with Crippen molar-refractivity contribution in [1.82, 2.24) is 25.0 Å². The number of ether oxygens (including phenoxy) is 2. The maximum absolute atomic E-state index is 12.7. The van der Waals surface area contributed by atoms with Crippen molar-refractivity contribution in [1.29, 1.82) is 0 Å². The summed E-state index contributed by atoms with van der Waals surface area (Å²) in [7, 11) is 1.37. The van der Waals surface area contributed by atoms with Crippen molar-refractivity contribution in [2.75, 3.05) is 33.3 Å². The number of para-hydroxylation sites is 1. The normalized spacial score (nSPS) is 15.3. The van der Waals surface area contributed by atoms with Crippen LogP contribution in [-0.4, -0.2) is 70.8 Å². The highest BCUT2D eigenvalue weighted by atomic mass is 19.3. The number of amides is 1. The number of hydrogen-bond acceptors (Lipinski definition) is 6. The maximum Gasteiger partial charge on any atom is 0.387 e. The zero-order valence-electron chi connectivity index (χ0n) is 16.3. The number of halogens is 2. The third-order valence-corrected chi connectivity index (χ3v) is 4.53. The first-order valence-corrected chi connectivity index (χ1v) is 9.15. The number of piperazine rings is 1. The molecule has 0 aliphatic carbocycles. The molecule has 1 fully saturated rings. The molecule has 2 heterocycles. The SMILES string of the molecule is COc1cccc(/C=C/C(=O)N2CCN(Cc3n[nH]c(C)n3)CC2)c1OC(F)F. The molecular formula is C19H23F2N5O3.